The molecule has 4 rings (SSSR count). The number of hydrogen-bond donors (Lipinski definition) is 0. The van der Waals surface area contributed by atoms with Gasteiger partial charge in [-0.3, -0.25) is 0 Å². The third-order valence-corrected chi connectivity index (χ3v) is 11.2. The predicted molar refractivity (Wildman–Crippen MR) is 114 cm³/mol. The minimum absolute atomic E-state index is 0. The molecule has 0 aliphatic heterocycles. The van der Waals surface area contributed by atoms with Crippen molar-refractivity contribution in [2.45, 2.75) is 65.2 Å². The van der Waals surface area contributed by atoms with E-state index in [9.17, 15) is 0 Å². The molecule has 0 unspecified atom stereocenters. The molecule has 0 saturated carbocycles. The molecule has 152 valence electrons. The summed E-state index contributed by atoms with van der Waals surface area (Å²) < 4.78 is 3.50. The molecule has 0 heterocycles. The van der Waals surface area contributed by atoms with E-state index < -0.39 is 22.9 Å². The van der Waals surface area contributed by atoms with Crippen molar-refractivity contribution in [2.24, 2.45) is 0 Å². The average Bonchev–Trinajstić information content (AvgIpc) is 3.20. The summed E-state index contributed by atoms with van der Waals surface area (Å²) in [6.45, 7) is 14.1. The molecule has 0 radical (unpaired) electrons. The average molecular weight is 592 g/mol. The first-order chi connectivity index (χ1) is 12.6. The molecule has 2 aliphatic carbocycles. The molecule has 2 aliphatic rings. The van der Waals surface area contributed by atoms with E-state index in [4.69, 9.17) is 0 Å². The zero-order chi connectivity index (χ0) is 19.4. The quantitative estimate of drug-likeness (QED) is 0.379. The molecule has 0 saturated heterocycles. The Bertz CT molecular complexity index is 969. The van der Waals surface area contributed by atoms with Crippen LogP contribution in [-0.4, -0.2) is 0 Å². The summed E-state index contributed by atoms with van der Waals surface area (Å²) in [6.07, 6.45) is 9.30. The Balaban J connectivity index is 0.00000150. The van der Waals surface area contributed by atoms with Crippen LogP contribution in [0.15, 0.2) is 51.9 Å². The van der Waals surface area contributed by atoms with Gasteiger partial charge < -0.3 is 24.8 Å². The molecule has 0 atom stereocenters. The Morgan fingerprint density at radius 3 is 2.10 bits per heavy atom. The van der Waals surface area contributed by atoms with Gasteiger partial charge in [0.15, 0.2) is 0 Å². The fraction of sp³-hybridized carbons (Fsp3) is 0.385. The van der Waals surface area contributed by atoms with Crippen LogP contribution in [0.5, 0.6) is 0 Å². The van der Waals surface area contributed by atoms with Crippen molar-refractivity contribution in [3.63, 3.8) is 0 Å². The Morgan fingerprint density at radius 1 is 0.828 bits per heavy atom. The molecule has 0 aromatic heterocycles. The van der Waals surface area contributed by atoms with E-state index in [1.54, 1.807) is 17.8 Å². The second-order valence-electron chi connectivity index (χ2n) is 10.0. The van der Waals surface area contributed by atoms with Gasteiger partial charge in [0.2, 0.25) is 0 Å². The molecule has 2 aromatic rings. The van der Waals surface area contributed by atoms with Gasteiger partial charge in [-0.15, -0.1) is 0 Å². The molecule has 3 heteroatoms. The van der Waals surface area contributed by atoms with Gasteiger partial charge in [0, 0.05) is 0 Å². The summed E-state index contributed by atoms with van der Waals surface area (Å²) in [5.41, 5.74) is 9.65. The maximum atomic E-state index is 2.47. The number of halogens is 2. The Hall–Kier alpha value is -0.630. The molecular formula is C26H30Cl2Hf. The second kappa shape index (κ2) is 8.85. The van der Waals surface area contributed by atoms with Crippen molar-refractivity contribution in [1.82, 2.24) is 0 Å². The molecule has 0 fully saturated rings. The molecule has 0 bridgehead atoms. The van der Waals surface area contributed by atoms with Gasteiger partial charge in [-0.1, -0.05) is 0 Å². The van der Waals surface area contributed by atoms with E-state index in [1.165, 1.54) is 28.7 Å². The number of benzene rings is 2. The normalized spacial score (nSPS) is 14.3. The van der Waals surface area contributed by atoms with Crippen LogP contribution in [0.25, 0.3) is 11.1 Å². The van der Waals surface area contributed by atoms with E-state index in [2.05, 4.69) is 90.1 Å². The van der Waals surface area contributed by atoms with E-state index >= 15 is 0 Å². The van der Waals surface area contributed by atoms with Crippen molar-refractivity contribution >= 4 is 3.32 Å². The standard InChI is InChI=1S/C21H25.C5H5.2ClH.Hf/c1-20(2,3)16-7-9-18-14(12-16)11-15-13-17(21(4,5)6)8-10-19(15)18;1-2-4-5-3-1;;;/h7-10,12H,11H2,1-6H3;1-3H,4H2;2*1H;/q;;;;+2/p-2. The smallest absolute Gasteiger partial charge is 1.00 e. The summed E-state index contributed by atoms with van der Waals surface area (Å²) in [6, 6.07) is 12.0. The molecule has 2 aromatic carbocycles. The van der Waals surface area contributed by atoms with Gasteiger partial charge in [-0.05, 0) is 0 Å². The van der Waals surface area contributed by atoms with E-state index in [0.717, 1.165) is 6.42 Å². The van der Waals surface area contributed by atoms with E-state index in [0.29, 0.717) is 0 Å². The van der Waals surface area contributed by atoms with Gasteiger partial charge in [-0.25, -0.2) is 0 Å². The maximum Gasteiger partial charge on any atom is -1.00 e. The monoisotopic (exact) mass is 592 g/mol. The van der Waals surface area contributed by atoms with Crippen molar-refractivity contribution in [3.05, 3.63) is 74.1 Å². The van der Waals surface area contributed by atoms with Gasteiger partial charge in [0.05, 0.1) is 0 Å². The third-order valence-electron chi connectivity index (χ3n) is 5.81. The van der Waals surface area contributed by atoms with Crippen molar-refractivity contribution in [1.29, 1.82) is 0 Å². The summed E-state index contributed by atoms with van der Waals surface area (Å²) in [7, 11) is 0. The van der Waals surface area contributed by atoms with Crippen LogP contribution in [-0.2, 0) is 40.2 Å². The molecule has 29 heavy (non-hydrogen) atoms. The fourth-order valence-electron chi connectivity index (χ4n) is 4.21. The van der Waals surface area contributed by atoms with Crippen LogP contribution in [0.4, 0.5) is 0 Å². The van der Waals surface area contributed by atoms with E-state index in [1.807, 2.05) is 0 Å². The van der Waals surface area contributed by atoms with Crippen LogP contribution >= 0.6 is 0 Å². The minimum atomic E-state index is -1.02. The maximum absolute atomic E-state index is 2.47. The zero-order valence-electron chi connectivity index (χ0n) is 18.3. The van der Waals surface area contributed by atoms with Gasteiger partial charge in [-0.2, -0.15) is 0 Å². The molecule has 0 amide bonds. The molecule has 0 spiro atoms. The van der Waals surface area contributed by atoms with Crippen LogP contribution < -0.4 is 28.1 Å². The number of hydrogen-bond acceptors (Lipinski definition) is 0. The summed E-state index contributed by atoms with van der Waals surface area (Å²) in [5, 5.41) is 0. The molecule has 0 nitrogen and oxygen atoms in total. The van der Waals surface area contributed by atoms with E-state index in [-0.39, 0.29) is 35.6 Å². The topological polar surface area (TPSA) is 0 Å². The molecular weight excluding hydrogens is 562 g/mol. The molecule has 0 N–H and O–H groups in total. The van der Waals surface area contributed by atoms with Crippen molar-refractivity contribution in [3.8, 4) is 11.1 Å². The first-order valence-corrected chi connectivity index (χ1v) is 13.7. The SMILES string of the molecule is CC(C)(C)c1ccc2c(c1)Cc1c-2ccc(C(C)(C)C)[c]1[Hf+2][C]1=CC=CC1.[Cl-].[Cl-]. The first-order valence-electron chi connectivity index (χ1n) is 10.1. The van der Waals surface area contributed by atoms with Crippen LogP contribution in [0.2, 0.25) is 0 Å². The second-order valence-corrected chi connectivity index (χ2v) is 15.0. The predicted octanol–water partition coefficient (Wildman–Crippen LogP) is 0.412. The van der Waals surface area contributed by atoms with Crippen molar-refractivity contribution in [2.75, 3.05) is 0 Å². The zero-order valence-corrected chi connectivity index (χ0v) is 23.4. The van der Waals surface area contributed by atoms with Gasteiger partial charge in [0.1, 0.15) is 0 Å². The Labute approximate surface area is 200 Å². The third kappa shape index (κ3) is 4.83. The largest absolute Gasteiger partial charge is 1.00 e. The number of fused-ring (bicyclic) bond motifs is 3. The van der Waals surface area contributed by atoms with Crippen LogP contribution in [0.3, 0.4) is 0 Å². The fourth-order valence-corrected chi connectivity index (χ4v) is 10.3. The van der Waals surface area contributed by atoms with Crippen LogP contribution in [0, 0.1) is 0 Å². The van der Waals surface area contributed by atoms with Gasteiger partial charge >= 0.3 is 177 Å². The van der Waals surface area contributed by atoms with Gasteiger partial charge in [0.25, 0.3) is 0 Å². The summed E-state index contributed by atoms with van der Waals surface area (Å²) in [4.78, 5) is 0. The summed E-state index contributed by atoms with van der Waals surface area (Å²) in [5.74, 6) is 0. The number of allylic oxidation sites excluding steroid dienone is 4. The minimum Gasteiger partial charge on any atom is -1.00 e. The Morgan fingerprint density at radius 2 is 1.52 bits per heavy atom. The van der Waals surface area contributed by atoms with Crippen molar-refractivity contribution < 1.29 is 47.7 Å². The number of rotatable bonds is 2. The van der Waals surface area contributed by atoms with Crippen LogP contribution in [0.1, 0.15) is 70.2 Å². The first kappa shape index (κ1) is 24.6. The Kier molecular flexibility index (Phi) is 7.52. The summed E-state index contributed by atoms with van der Waals surface area (Å²) >= 11 is -1.02.